The molecule has 0 radical (unpaired) electrons. The van der Waals surface area contributed by atoms with Crippen molar-refractivity contribution in [3.8, 4) is 0 Å². The molecule has 0 aromatic heterocycles. The third-order valence-electron chi connectivity index (χ3n) is 2.54. The van der Waals surface area contributed by atoms with E-state index in [2.05, 4.69) is 10.6 Å². The summed E-state index contributed by atoms with van der Waals surface area (Å²) in [5.41, 5.74) is -0.801. The van der Waals surface area contributed by atoms with Crippen molar-refractivity contribution in [3.63, 3.8) is 0 Å². The summed E-state index contributed by atoms with van der Waals surface area (Å²) in [5.74, 6) is -0.627. The first-order chi connectivity index (χ1) is 8.80. The van der Waals surface area contributed by atoms with Crippen molar-refractivity contribution < 1.29 is 17.6 Å². The normalized spacial score (nSPS) is 12.2. The predicted octanol–water partition coefficient (Wildman–Crippen LogP) is 2.93. The van der Waals surface area contributed by atoms with Gasteiger partial charge in [0.15, 0.2) is 0 Å². The predicted molar refractivity (Wildman–Crippen MR) is 66.2 cm³/mol. The zero-order chi connectivity index (χ0) is 14.5. The van der Waals surface area contributed by atoms with Crippen LogP contribution >= 0.6 is 0 Å². The van der Waals surface area contributed by atoms with Gasteiger partial charge in [-0.3, -0.25) is 0 Å². The summed E-state index contributed by atoms with van der Waals surface area (Å²) in [6, 6.07) is 2.79. The second kappa shape index (κ2) is 6.86. The van der Waals surface area contributed by atoms with Crippen molar-refractivity contribution in [2.75, 3.05) is 13.1 Å². The van der Waals surface area contributed by atoms with Crippen LogP contribution < -0.4 is 10.6 Å². The van der Waals surface area contributed by atoms with Crippen molar-refractivity contribution in [2.24, 2.45) is 0 Å². The van der Waals surface area contributed by atoms with Crippen LogP contribution in [-0.2, 0) is 12.7 Å². The van der Waals surface area contributed by atoms with Gasteiger partial charge in [0.25, 0.3) is 0 Å². The fourth-order valence-electron chi connectivity index (χ4n) is 1.56. The minimum atomic E-state index is -4.44. The Hall–Kier alpha value is -1.14. The smallest absolute Gasteiger partial charge is 0.313 e. The third-order valence-corrected chi connectivity index (χ3v) is 2.54. The van der Waals surface area contributed by atoms with Gasteiger partial charge in [0.1, 0.15) is 5.82 Å². The molecule has 1 aromatic rings. The van der Waals surface area contributed by atoms with Crippen LogP contribution in [0.15, 0.2) is 18.2 Å². The lowest BCUT2D eigenvalue weighted by Crippen LogP contribution is -2.31. The molecule has 0 heterocycles. The highest BCUT2D eigenvalue weighted by molar-refractivity contribution is 5.27. The van der Waals surface area contributed by atoms with Crippen LogP contribution in [0.25, 0.3) is 0 Å². The van der Waals surface area contributed by atoms with Crippen LogP contribution in [0, 0.1) is 5.82 Å². The molecular weight excluding hydrogens is 260 g/mol. The molecule has 0 saturated heterocycles. The molecule has 0 spiro atoms. The molecule has 6 heteroatoms. The van der Waals surface area contributed by atoms with Crippen molar-refractivity contribution in [1.82, 2.24) is 10.6 Å². The summed E-state index contributed by atoms with van der Waals surface area (Å²) in [4.78, 5) is 0. The van der Waals surface area contributed by atoms with Crippen molar-refractivity contribution in [3.05, 3.63) is 35.1 Å². The van der Waals surface area contributed by atoms with Crippen molar-refractivity contribution in [2.45, 2.75) is 32.6 Å². The SMILES string of the molecule is CC(C)NCCNCc1cc(C(F)(F)F)ccc1F. The van der Waals surface area contributed by atoms with E-state index < -0.39 is 17.6 Å². The number of alkyl halides is 3. The van der Waals surface area contributed by atoms with E-state index in [1.807, 2.05) is 13.8 Å². The van der Waals surface area contributed by atoms with Gasteiger partial charge in [-0.1, -0.05) is 13.8 Å². The van der Waals surface area contributed by atoms with Crippen LogP contribution in [0.2, 0.25) is 0 Å². The molecule has 0 amide bonds. The Morgan fingerprint density at radius 1 is 1.16 bits per heavy atom. The summed E-state index contributed by atoms with van der Waals surface area (Å²) in [6.45, 7) is 5.31. The van der Waals surface area contributed by atoms with Crippen LogP contribution in [-0.4, -0.2) is 19.1 Å². The largest absolute Gasteiger partial charge is 0.416 e. The lowest BCUT2D eigenvalue weighted by Gasteiger charge is -2.11. The number of benzene rings is 1. The molecule has 19 heavy (non-hydrogen) atoms. The first-order valence-corrected chi connectivity index (χ1v) is 6.10. The Morgan fingerprint density at radius 2 is 1.84 bits per heavy atom. The van der Waals surface area contributed by atoms with E-state index in [0.717, 1.165) is 18.2 Å². The lowest BCUT2D eigenvalue weighted by molar-refractivity contribution is -0.137. The summed E-state index contributed by atoms with van der Waals surface area (Å²) in [7, 11) is 0. The number of halogens is 4. The van der Waals surface area contributed by atoms with Gasteiger partial charge in [-0.2, -0.15) is 13.2 Å². The second-order valence-electron chi connectivity index (χ2n) is 4.59. The zero-order valence-electron chi connectivity index (χ0n) is 10.9. The molecule has 2 N–H and O–H groups in total. The quantitative estimate of drug-likeness (QED) is 0.617. The zero-order valence-corrected chi connectivity index (χ0v) is 10.9. The number of hydrogen-bond donors (Lipinski definition) is 2. The van der Waals surface area contributed by atoms with Crippen LogP contribution in [0.4, 0.5) is 17.6 Å². The molecule has 0 saturated carbocycles. The maximum atomic E-state index is 13.4. The molecule has 0 aliphatic rings. The fourth-order valence-corrected chi connectivity index (χ4v) is 1.56. The number of rotatable bonds is 6. The van der Waals surface area contributed by atoms with E-state index in [1.165, 1.54) is 0 Å². The van der Waals surface area contributed by atoms with E-state index in [-0.39, 0.29) is 12.1 Å². The van der Waals surface area contributed by atoms with Gasteiger partial charge in [-0.15, -0.1) is 0 Å². The summed E-state index contributed by atoms with van der Waals surface area (Å²) in [6.07, 6.45) is -4.44. The van der Waals surface area contributed by atoms with Crippen LogP contribution in [0.3, 0.4) is 0 Å². The molecule has 0 unspecified atom stereocenters. The van der Waals surface area contributed by atoms with Gasteiger partial charge in [0, 0.05) is 31.2 Å². The maximum absolute atomic E-state index is 13.4. The molecule has 1 rings (SSSR count). The molecular formula is C13H18F4N2. The molecule has 0 bridgehead atoms. The molecule has 0 fully saturated rings. The van der Waals surface area contributed by atoms with E-state index in [1.54, 1.807) is 0 Å². The van der Waals surface area contributed by atoms with E-state index >= 15 is 0 Å². The van der Waals surface area contributed by atoms with Crippen LogP contribution in [0.1, 0.15) is 25.0 Å². The third kappa shape index (κ3) is 5.57. The highest BCUT2D eigenvalue weighted by Crippen LogP contribution is 2.30. The highest BCUT2D eigenvalue weighted by Gasteiger charge is 2.30. The topological polar surface area (TPSA) is 24.1 Å². The van der Waals surface area contributed by atoms with Gasteiger partial charge in [0.05, 0.1) is 5.56 Å². The Bertz CT molecular complexity index is 402. The highest BCUT2D eigenvalue weighted by atomic mass is 19.4. The average Bonchev–Trinajstić information content (AvgIpc) is 2.29. The Kier molecular flexibility index (Phi) is 5.75. The van der Waals surface area contributed by atoms with Gasteiger partial charge >= 0.3 is 6.18 Å². The standard InChI is InChI=1S/C13H18F4N2/c1-9(2)19-6-5-18-8-10-7-11(13(15,16)17)3-4-12(10)14/h3-4,7,9,18-19H,5-6,8H2,1-2H3. The Labute approximate surface area is 110 Å². The van der Waals surface area contributed by atoms with Gasteiger partial charge < -0.3 is 10.6 Å². The van der Waals surface area contributed by atoms with Gasteiger partial charge in [-0.25, -0.2) is 4.39 Å². The maximum Gasteiger partial charge on any atom is 0.416 e. The Balaban J connectivity index is 2.53. The average molecular weight is 278 g/mol. The minimum absolute atomic E-state index is 0.0272. The molecule has 0 aliphatic heterocycles. The van der Waals surface area contributed by atoms with Gasteiger partial charge in [0.2, 0.25) is 0 Å². The number of hydrogen-bond acceptors (Lipinski definition) is 2. The lowest BCUT2D eigenvalue weighted by atomic mass is 10.1. The minimum Gasteiger partial charge on any atom is -0.313 e. The van der Waals surface area contributed by atoms with Crippen molar-refractivity contribution in [1.29, 1.82) is 0 Å². The van der Waals surface area contributed by atoms with E-state index in [4.69, 9.17) is 0 Å². The van der Waals surface area contributed by atoms with Crippen molar-refractivity contribution >= 4 is 0 Å². The summed E-state index contributed by atoms with van der Waals surface area (Å²) >= 11 is 0. The first kappa shape index (κ1) is 15.9. The molecule has 2 nitrogen and oxygen atoms in total. The molecule has 0 aliphatic carbocycles. The second-order valence-corrected chi connectivity index (χ2v) is 4.59. The first-order valence-electron chi connectivity index (χ1n) is 6.10. The van der Waals surface area contributed by atoms with Crippen LogP contribution in [0.5, 0.6) is 0 Å². The summed E-state index contributed by atoms with van der Waals surface area (Å²) in [5, 5.41) is 6.05. The van der Waals surface area contributed by atoms with E-state index in [0.29, 0.717) is 19.1 Å². The fraction of sp³-hybridized carbons (Fsp3) is 0.538. The van der Waals surface area contributed by atoms with E-state index in [9.17, 15) is 17.6 Å². The molecule has 0 atom stereocenters. The van der Waals surface area contributed by atoms with Gasteiger partial charge in [-0.05, 0) is 18.2 Å². The monoisotopic (exact) mass is 278 g/mol. The Morgan fingerprint density at radius 3 is 2.42 bits per heavy atom. The summed E-state index contributed by atoms with van der Waals surface area (Å²) < 4.78 is 50.8. The number of nitrogens with one attached hydrogen (secondary N) is 2. The molecule has 1 aromatic carbocycles. The molecule has 108 valence electrons.